The van der Waals surface area contributed by atoms with Crippen LogP contribution < -0.4 is 0 Å². The van der Waals surface area contributed by atoms with Crippen molar-refractivity contribution in [3.05, 3.63) is 17.5 Å². The van der Waals surface area contributed by atoms with Crippen LogP contribution in [0.3, 0.4) is 0 Å². The van der Waals surface area contributed by atoms with Gasteiger partial charge in [-0.2, -0.15) is 5.10 Å². The van der Waals surface area contributed by atoms with Crippen LogP contribution in [0.5, 0.6) is 0 Å². The number of carboxylic acid groups (broad SMARTS) is 1. The lowest BCUT2D eigenvalue weighted by Crippen LogP contribution is -1.95. The summed E-state index contributed by atoms with van der Waals surface area (Å²) in [5.74, 6) is -0.284. The number of nitrogens with zero attached hydrogens (tertiary/aromatic N) is 1. The second-order valence-electron chi connectivity index (χ2n) is 3.87. The van der Waals surface area contributed by atoms with Crippen LogP contribution >= 0.6 is 0 Å². The van der Waals surface area contributed by atoms with Crippen molar-refractivity contribution in [1.29, 1.82) is 0 Å². The summed E-state index contributed by atoms with van der Waals surface area (Å²) in [5, 5.41) is 15.0. The summed E-state index contributed by atoms with van der Waals surface area (Å²) in [7, 11) is 0. The van der Waals surface area contributed by atoms with Gasteiger partial charge in [-0.1, -0.05) is 20.3 Å². The average molecular weight is 196 g/mol. The van der Waals surface area contributed by atoms with E-state index in [1.807, 2.05) is 0 Å². The first kappa shape index (κ1) is 10.8. The number of rotatable bonds is 5. The molecule has 1 rings (SSSR count). The first-order valence-electron chi connectivity index (χ1n) is 4.87. The molecular formula is C10H16N2O2. The zero-order valence-electron chi connectivity index (χ0n) is 8.58. The largest absolute Gasteiger partial charge is 0.476 e. The molecule has 0 amide bonds. The summed E-state index contributed by atoms with van der Waals surface area (Å²) in [5.41, 5.74) is 1.01. The highest BCUT2D eigenvalue weighted by atomic mass is 16.4. The Bertz CT molecular complexity index is 305. The second-order valence-corrected chi connectivity index (χ2v) is 3.87. The molecule has 0 bridgehead atoms. The lowest BCUT2D eigenvalue weighted by molar-refractivity contribution is 0.0690. The number of hydrogen-bond acceptors (Lipinski definition) is 2. The molecule has 2 N–H and O–H groups in total. The predicted molar refractivity (Wildman–Crippen MR) is 53.3 cm³/mol. The molecule has 0 unspecified atom stereocenters. The maximum absolute atomic E-state index is 10.5. The van der Waals surface area contributed by atoms with Gasteiger partial charge in [-0.25, -0.2) is 4.79 Å². The van der Waals surface area contributed by atoms with Crippen molar-refractivity contribution >= 4 is 5.97 Å². The summed E-state index contributed by atoms with van der Waals surface area (Å²) in [4.78, 5) is 10.5. The Morgan fingerprint density at radius 2 is 2.36 bits per heavy atom. The number of carbonyl (C=O) groups is 1. The summed E-state index contributed by atoms with van der Waals surface area (Å²) < 4.78 is 0. The van der Waals surface area contributed by atoms with Gasteiger partial charge in [-0.15, -0.1) is 0 Å². The van der Waals surface area contributed by atoms with Gasteiger partial charge < -0.3 is 5.11 Å². The van der Waals surface area contributed by atoms with Gasteiger partial charge in [0.05, 0.1) is 0 Å². The molecule has 0 aliphatic carbocycles. The number of aromatic amines is 1. The normalized spacial score (nSPS) is 10.8. The van der Waals surface area contributed by atoms with Crippen LogP contribution in [-0.4, -0.2) is 21.3 Å². The summed E-state index contributed by atoms with van der Waals surface area (Å²) >= 11 is 0. The van der Waals surface area contributed by atoms with E-state index in [0.29, 0.717) is 5.92 Å². The van der Waals surface area contributed by atoms with Crippen molar-refractivity contribution < 1.29 is 9.90 Å². The van der Waals surface area contributed by atoms with Crippen LogP contribution in [0.25, 0.3) is 0 Å². The molecule has 0 aliphatic rings. The summed E-state index contributed by atoms with van der Waals surface area (Å²) in [6, 6.07) is 1.60. The molecule has 0 fully saturated rings. The molecule has 4 nitrogen and oxygen atoms in total. The fourth-order valence-electron chi connectivity index (χ4n) is 1.30. The highest BCUT2D eigenvalue weighted by Gasteiger charge is 2.07. The van der Waals surface area contributed by atoms with Crippen molar-refractivity contribution in [3.8, 4) is 0 Å². The molecule has 1 heterocycles. The summed E-state index contributed by atoms with van der Waals surface area (Å²) in [6.45, 7) is 4.35. The summed E-state index contributed by atoms with van der Waals surface area (Å²) in [6.07, 6.45) is 3.10. The lowest BCUT2D eigenvalue weighted by Gasteiger charge is -2.01. The first-order chi connectivity index (χ1) is 6.59. The van der Waals surface area contributed by atoms with E-state index in [9.17, 15) is 4.79 Å². The zero-order valence-corrected chi connectivity index (χ0v) is 8.58. The first-order valence-corrected chi connectivity index (χ1v) is 4.87. The van der Waals surface area contributed by atoms with Crippen LogP contribution in [0.4, 0.5) is 0 Å². The molecule has 0 saturated carbocycles. The third kappa shape index (κ3) is 3.20. The Labute approximate surface area is 83.3 Å². The molecule has 0 spiro atoms. The number of hydrogen-bond donors (Lipinski definition) is 2. The Morgan fingerprint density at radius 1 is 1.64 bits per heavy atom. The number of aromatic nitrogens is 2. The molecule has 4 heteroatoms. The van der Waals surface area contributed by atoms with Crippen LogP contribution in [0.1, 0.15) is 42.9 Å². The molecule has 1 aromatic rings. The van der Waals surface area contributed by atoms with Crippen molar-refractivity contribution in [3.63, 3.8) is 0 Å². The molecule has 0 atom stereocenters. The SMILES string of the molecule is CC(C)CCCc1cc(C(=O)O)n[nH]1. The second kappa shape index (κ2) is 4.79. The van der Waals surface area contributed by atoms with E-state index in [-0.39, 0.29) is 5.69 Å². The predicted octanol–water partition coefficient (Wildman–Crippen LogP) is 2.09. The van der Waals surface area contributed by atoms with Crippen LogP contribution in [0, 0.1) is 5.92 Å². The van der Waals surface area contributed by atoms with E-state index in [4.69, 9.17) is 5.11 Å². The van der Waals surface area contributed by atoms with Crippen molar-refractivity contribution in [1.82, 2.24) is 10.2 Å². The molecule has 1 aromatic heterocycles. The van der Waals surface area contributed by atoms with Crippen LogP contribution in [0.2, 0.25) is 0 Å². The molecular weight excluding hydrogens is 180 g/mol. The Morgan fingerprint density at radius 3 is 2.86 bits per heavy atom. The number of aromatic carboxylic acids is 1. The fourth-order valence-corrected chi connectivity index (χ4v) is 1.30. The fraction of sp³-hybridized carbons (Fsp3) is 0.600. The van der Waals surface area contributed by atoms with E-state index in [0.717, 1.165) is 25.0 Å². The average Bonchev–Trinajstić information content (AvgIpc) is 2.52. The minimum atomic E-state index is -0.976. The standard InChI is InChI=1S/C10H16N2O2/c1-7(2)4-3-5-8-6-9(10(13)14)12-11-8/h6-7H,3-5H2,1-2H3,(H,11,12)(H,13,14). The van der Waals surface area contributed by atoms with Crippen molar-refractivity contribution in [2.45, 2.75) is 33.1 Å². The molecule has 0 aliphatic heterocycles. The third-order valence-electron chi connectivity index (χ3n) is 2.08. The highest BCUT2D eigenvalue weighted by Crippen LogP contribution is 2.09. The Kier molecular flexibility index (Phi) is 3.68. The van der Waals surface area contributed by atoms with Gasteiger partial charge >= 0.3 is 5.97 Å². The van der Waals surface area contributed by atoms with E-state index in [1.54, 1.807) is 6.07 Å². The number of carboxylic acids is 1. The van der Waals surface area contributed by atoms with Gasteiger partial charge in [0.15, 0.2) is 5.69 Å². The van der Waals surface area contributed by atoms with Crippen molar-refractivity contribution in [2.24, 2.45) is 5.92 Å². The van der Waals surface area contributed by atoms with Gasteiger partial charge in [-0.3, -0.25) is 5.10 Å². The monoisotopic (exact) mass is 196 g/mol. The molecule has 0 radical (unpaired) electrons. The number of aryl methyl sites for hydroxylation is 1. The smallest absolute Gasteiger partial charge is 0.356 e. The maximum atomic E-state index is 10.5. The van der Waals surface area contributed by atoms with Gasteiger partial charge in [0.2, 0.25) is 0 Å². The minimum Gasteiger partial charge on any atom is -0.476 e. The van der Waals surface area contributed by atoms with Gasteiger partial charge in [-0.05, 0) is 24.8 Å². The number of nitrogens with one attached hydrogen (secondary N) is 1. The van der Waals surface area contributed by atoms with Gasteiger partial charge in [0.25, 0.3) is 0 Å². The van der Waals surface area contributed by atoms with Gasteiger partial charge in [0, 0.05) is 5.69 Å². The Balaban J connectivity index is 2.40. The molecule has 0 aromatic carbocycles. The van der Waals surface area contributed by atoms with E-state index in [2.05, 4.69) is 24.0 Å². The minimum absolute atomic E-state index is 0.101. The lowest BCUT2D eigenvalue weighted by atomic mass is 10.1. The maximum Gasteiger partial charge on any atom is 0.356 e. The van der Waals surface area contributed by atoms with Crippen LogP contribution in [-0.2, 0) is 6.42 Å². The molecule has 78 valence electrons. The van der Waals surface area contributed by atoms with E-state index >= 15 is 0 Å². The van der Waals surface area contributed by atoms with Gasteiger partial charge in [0.1, 0.15) is 0 Å². The van der Waals surface area contributed by atoms with E-state index in [1.165, 1.54) is 0 Å². The number of H-pyrrole nitrogens is 1. The van der Waals surface area contributed by atoms with Crippen molar-refractivity contribution in [2.75, 3.05) is 0 Å². The third-order valence-corrected chi connectivity index (χ3v) is 2.08. The Hall–Kier alpha value is -1.32. The molecule has 0 saturated heterocycles. The van der Waals surface area contributed by atoms with Crippen LogP contribution in [0.15, 0.2) is 6.07 Å². The quantitative estimate of drug-likeness (QED) is 0.757. The highest BCUT2D eigenvalue weighted by molar-refractivity contribution is 5.85. The zero-order chi connectivity index (χ0) is 10.6. The molecule has 14 heavy (non-hydrogen) atoms. The van der Waals surface area contributed by atoms with E-state index < -0.39 is 5.97 Å². The topological polar surface area (TPSA) is 66.0 Å².